The molecular formula is C18H19FN4S. The van der Waals surface area contributed by atoms with Crippen LogP contribution < -0.4 is 5.32 Å². The minimum Gasteiger partial charge on any atom is -0.356 e. The molecule has 1 aliphatic rings. The van der Waals surface area contributed by atoms with Gasteiger partial charge < -0.3 is 5.32 Å². The number of nitrogens with zero attached hydrogens (tertiary/aromatic N) is 3. The second-order valence-corrected chi connectivity index (χ2v) is 6.98. The van der Waals surface area contributed by atoms with E-state index in [0.717, 1.165) is 22.1 Å². The highest BCUT2D eigenvalue weighted by molar-refractivity contribution is 7.14. The number of hydrogen-bond donors (Lipinski definition) is 1. The van der Waals surface area contributed by atoms with Crippen LogP contribution in [0.25, 0.3) is 11.3 Å². The van der Waals surface area contributed by atoms with Crippen LogP contribution in [-0.4, -0.2) is 14.8 Å². The Hall–Kier alpha value is -2.21. The average molecular weight is 342 g/mol. The summed E-state index contributed by atoms with van der Waals surface area (Å²) in [4.78, 5) is 4.56. The predicted octanol–water partition coefficient (Wildman–Crippen LogP) is 4.87. The van der Waals surface area contributed by atoms with Crippen molar-refractivity contribution in [1.82, 2.24) is 14.8 Å². The second kappa shape index (κ2) is 6.73. The van der Waals surface area contributed by atoms with Gasteiger partial charge in [-0.15, -0.1) is 11.3 Å². The minimum atomic E-state index is -0.231. The molecule has 0 saturated heterocycles. The third kappa shape index (κ3) is 3.33. The molecule has 1 fully saturated rings. The molecule has 1 aliphatic carbocycles. The van der Waals surface area contributed by atoms with Gasteiger partial charge in [-0.1, -0.05) is 12.8 Å². The number of anilines is 1. The van der Waals surface area contributed by atoms with Gasteiger partial charge in [0.1, 0.15) is 5.82 Å². The summed E-state index contributed by atoms with van der Waals surface area (Å²) in [6.45, 7) is 0.663. The lowest BCUT2D eigenvalue weighted by Crippen LogP contribution is -2.07. The van der Waals surface area contributed by atoms with Crippen molar-refractivity contribution in [2.45, 2.75) is 38.3 Å². The van der Waals surface area contributed by atoms with Crippen LogP contribution in [0.1, 0.15) is 37.4 Å². The zero-order valence-corrected chi connectivity index (χ0v) is 14.1. The summed E-state index contributed by atoms with van der Waals surface area (Å²) in [7, 11) is 0. The van der Waals surface area contributed by atoms with Gasteiger partial charge in [-0.05, 0) is 43.2 Å². The Morgan fingerprint density at radius 3 is 2.75 bits per heavy atom. The number of rotatable bonds is 5. The van der Waals surface area contributed by atoms with Gasteiger partial charge in [0.25, 0.3) is 0 Å². The molecule has 0 unspecified atom stereocenters. The summed E-state index contributed by atoms with van der Waals surface area (Å²) in [6, 6.07) is 9.05. The van der Waals surface area contributed by atoms with E-state index in [1.54, 1.807) is 23.5 Å². The van der Waals surface area contributed by atoms with Crippen LogP contribution >= 0.6 is 11.3 Å². The van der Waals surface area contributed by atoms with Gasteiger partial charge in [0.2, 0.25) is 0 Å². The SMILES string of the molecule is Fc1ccc(-c2csc(NCc3ccn(C4CCCC4)n3)n2)cc1. The number of thiazole rings is 1. The second-order valence-electron chi connectivity index (χ2n) is 6.12. The summed E-state index contributed by atoms with van der Waals surface area (Å²) in [5.41, 5.74) is 2.81. The topological polar surface area (TPSA) is 42.7 Å². The van der Waals surface area contributed by atoms with Gasteiger partial charge in [-0.3, -0.25) is 4.68 Å². The van der Waals surface area contributed by atoms with E-state index in [2.05, 4.69) is 32.3 Å². The number of halogens is 1. The van der Waals surface area contributed by atoms with Crippen molar-refractivity contribution < 1.29 is 4.39 Å². The molecular weight excluding hydrogens is 323 g/mol. The van der Waals surface area contributed by atoms with E-state index >= 15 is 0 Å². The minimum absolute atomic E-state index is 0.231. The Labute approximate surface area is 144 Å². The fraction of sp³-hybridized carbons (Fsp3) is 0.333. The maximum Gasteiger partial charge on any atom is 0.183 e. The molecule has 0 aliphatic heterocycles. The summed E-state index contributed by atoms with van der Waals surface area (Å²) >= 11 is 1.55. The van der Waals surface area contributed by atoms with Crippen molar-refractivity contribution >= 4 is 16.5 Å². The van der Waals surface area contributed by atoms with Crippen molar-refractivity contribution in [2.75, 3.05) is 5.32 Å². The Balaban J connectivity index is 1.38. The lowest BCUT2D eigenvalue weighted by atomic mass is 10.2. The van der Waals surface area contributed by atoms with Crippen LogP contribution in [0.4, 0.5) is 9.52 Å². The maximum atomic E-state index is 13.0. The molecule has 0 spiro atoms. The van der Waals surface area contributed by atoms with E-state index in [1.165, 1.54) is 37.8 Å². The van der Waals surface area contributed by atoms with E-state index in [-0.39, 0.29) is 5.82 Å². The predicted molar refractivity (Wildman–Crippen MR) is 94.6 cm³/mol. The van der Waals surface area contributed by atoms with Crippen LogP contribution in [0.3, 0.4) is 0 Å². The fourth-order valence-corrected chi connectivity index (χ4v) is 3.84. The fourth-order valence-electron chi connectivity index (χ4n) is 3.12. The third-order valence-corrected chi connectivity index (χ3v) is 5.23. The first-order valence-electron chi connectivity index (χ1n) is 8.27. The van der Waals surface area contributed by atoms with E-state index < -0.39 is 0 Å². The number of hydrogen-bond acceptors (Lipinski definition) is 4. The molecule has 4 nitrogen and oxygen atoms in total. The summed E-state index contributed by atoms with van der Waals surface area (Å²) in [5, 5.41) is 10.8. The van der Waals surface area contributed by atoms with Crippen LogP contribution in [0.15, 0.2) is 41.9 Å². The van der Waals surface area contributed by atoms with Crippen LogP contribution in [0, 0.1) is 5.82 Å². The van der Waals surface area contributed by atoms with Crippen LogP contribution in [0.5, 0.6) is 0 Å². The Morgan fingerprint density at radius 1 is 1.17 bits per heavy atom. The molecule has 0 amide bonds. The van der Waals surface area contributed by atoms with E-state index in [9.17, 15) is 4.39 Å². The van der Waals surface area contributed by atoms with Gasteiger partial charge in [-0.2, -0.15) is 5.10 Å². The molecule has 2 heterocycles. The molecule has 0 atom stereocenters. The smallest absolute Gasteiger partial charge is 0.183 e. The van der Waals surface area contributed by atoms with Crippen molar-refractivity contribution in [3.8, 4) is 11.3 Å². The average Bonchev–Trinajstić information content (AvgIpc) is 3.34. The molecule has 6 heteroatoms. The standard InChI is InChI=1S/C18H19FN4S/c19-14-7-5-13(6-8-14)17-12-24-18(21-17)20-11-15-9-10-23(22-15)16-3-1-2-4-16/h5-10,12,16H,1-4,11H2,(H,20,21). The van der Waals surface area contributed by atoms with Crippen molar-refractivity contribution in [3.05, 3.63) is 53.4 Å². The Bertz CT molecular complexity index is 803. The molecule has 1 aromatic carbocycles. The highest BCUT2D eigenvalue weighted by atomic mass is 32.1. The molecule has 1 N–H and O–H groups in total. The number of nitrogens with one attached hydrogen (secondary N) is 1. The zero-order valence-electron chi connectivity index (χ0n) is 13.3. The van der Waals surface area contributed by atoms with E-state index in [1.807, 2.05) is 5.38 Å². The summed E-state index contributed by atoms with van der Waals surface area (Å²) < 4.78 is 15.1. The van der Waals surface area contributed by atoms with Gasteiger partial charge in [0.05, 0.1) is 24.0 Å². The quantitative estimate of drug-likeness (QED) is 0.719. The zero-order chi connectivity index (χ0) is 16.4. The molecule has 1 saturated carbocycles. The lowest BCUT2D eigenvalue weighted by Gasteiger charge is -2.08. The van der Waals surface area contributed by atoms with Gasteiger partial charge in [0.15, 0.2) is 5.13 Å². The van der Waals surface area contributed by atoms with E-state index in [0.29, 0.717) is 12.6 Å². The summed E-state index contributed by atoms with van der Waals surface area (Å²) in [6.07, 6.45) is 7.18. The largest absolute Gasteiger partial charge is 0.356 e. The molecule has 24 heavy (non-hydrogen) atoms. The normalized spacial score (nSPS) is 15.0. The molecule has 124 valence electrons. The first-order valence-corrected chi connectivity index (χ1v) is 9.15. The van der Waals surface area contributed by atoms with Crippen LogP contribution in [-0.2, 0) is 6.54 Å². The van der Waals surface area contributed by atoms with Gasteiger partial charge >= 0.3 is 0 Å². The van der Waals surface area contributed by atoms with E-state index in [4.69, 9.17) is 0 Å². The van der Waals surface area contributed by atoms with Crippen molar-refractivity contribution in [1.29, 1.82) is 0 Å². The Morgan fingerprint density at radius 2 is 1.96 bits per heavy atom. The molecule has 4 rings (SSSR count). The first-order chi connectivity index (χ1) is 11.8. The van der Waals surface area contributed by atoms with Crippen molar-refractivity contribution in [3.63, 3.8) is 0 Å². The summed E-state index contributed by atoms with van der Waals surface area (Å²) in [5.74, 6) is -0.231. The molecule has 0 bridgehead atoms. The highest BCUT2D eigenvalue weighted by Gasteiger charge is 2.17. The van der Waals surface area contributed by atoms with Gasteiger partial charge in [-0.25, -0.2) is 9.37 Å². The first kappa shape index (κ1) is 15.3. The molecule has 3 aromatic rings. The number of aromatic nitrogens is 3. The number of benzene rings is 1. The lowest BCUT2D eigenvalue weighted by molar-refractivity contribution is 0.463. The third-order valence-electron chi connectivity index (χ3n) is 4.43. The van der Waals surface area contributed by atoms with Gasteiger partial charge in [0, 0.05) is 17.1 Å². The highest BCUT2D eigenvalue weighted by Crippen LogP contribution is 2.29. The maximum absolute atomic E-state index is 13.0. The molecule has 0 radical (unpaired) electrons. The van der Waals surface area contributed by atoms with Crippen LogP contribution in [0.2, 0.25) is 0 Å². The monoisotopic (exact) mass is 342 g/mol. The van der Waals surface area contributed by atoms with Crippen molar-refractivity contribution in [2.24, 2.45) is 0 Å². The Kier molecular flexibility index (Phi) is 4.30. The molecule has 2 aromatic heterocycles.